The molecule has 0 radical (unpaired) electrons. The standard InChI is InChI=1S/C22H26N8O/c1-15-25-26-21-20(24-16-9-11-28(2)12-10-16)13-19(27-30(15)21)18-14-23-29(3)22(18)31-17-7-5-4-6-8-17/h4-8,13-14,16,24H,9-12H2,1-3H3. The van der Waals surface area contributed by atoms with Crippen LogP contribution in [0.4, 0.5) is 5.69 Å². The number of nitrogens with zero attached hydrogens (tertiary/aromatic N) is 7. The molecule has 0 bridgehead atoms. The minimum Gasteiger partial charge on any atom is -0.439 e. The van der Waals surface area contributed by atoms with Gasteiger partial charge < -0.3 is 15.0 Å². The summed E-state index contributed by atoms with van der Waals surface area (Å²) in [5.41, 5.74) is 3.22. The number of likely N-dealkylation sites (tertiary alicyclic amines) is 1. The van der Waals surface area contributed by atoms with Crippen molar-refractivity contribution in [1.29, 1.82) is 0 Å². The van der Waals surface area contributed by atoms with Crippen LogP contribution < -0.4 is 10.1 Å². The SMILES string of the molecule is Cc1nnc2c(NC3CCN(C)CC3)cc(-c3cnn(C)c3Oc3ccccc3)nn12. The molecule has 3 aromatic heterocycles. The van der Waals surface area contributed by atoms with Gasteiger partial charge in [-0.15, -0.1) is 10.2 Å². The summed E-state index contributed by atoms with van der Waals surface area (Å²) >= 11 is 0. The van der Waals surface area contributed by atoms with E-state index in [-0.39, 0.29) is 0 Å². The van der Waals surface area contributed by atoms with E-state index in [2.05, 4.69) is 32.6 Å². The first-order valence-electron chi connectivity index (χ1n) is 10.5. The molecule has 160 valence electrons. The molecule has 1 N–H and O–H groups in total. The van der Waals surface area contributed by atoms with E-state index in [4.69, 9.17) is 9.84 Å². The lowest BCUT2D eigenvalue weighted by molar-refractivity contribution is 0.264. The van der Waals surface area contributed by atoms with Gasteiger partial charge in [0.05, 0.1) is 17.4 Å². The maximum Gasteiger partial charge on any atom is 0.227 e. The Hall–Kier alpha value is -3.46. The highest BCUT2D eigenvalue weighted by molar-refractivity contribution is 5.75. The molecule has 9 nitrogen and oxygen atoms in total. The Morgan fingerprint density at radius 3 is 2.61 bits per heavy atom. The van der Waals surface area contributed by atoms with Gasteiger partial charge >= 0.3 is 0 Å². The van der Waals surface area contributed by atoms with Crippen molar-refractivity contribution >= 4 is 11.3 Å². The predicted octanol–water partition coefficient (Wildman–Crippen LogP) is 3.13. The first-order chi connectivity index (χ1) is 15.1. The van der Waals surface area contributed by atoms with E-state index in [1.54, 1.807) is 15.4 Å². The largest absolute Gasteiger partial charge is 0.439 e. The molecule has 9 heteroatoms. The second-order valence-corrected chi connectivity index (χ2v) is 8.05. The molecule has 5 rings (SSSR count). The van der Waals surface area contributed by atoms with Gasteiger partial charge in [-0.3, -0.25) is 0 Å². The van der Waals surface area contributed by atoms with Gasteiger partial charge in [-0.2, -0.15) is 14.7 Å². The number of piperidine rings is 1. The quantitative estimate of drug-likeness (QED) is 0.533. The van der Waals surface area contributed by atoms with E-state index in [1.165, 1.54) is 0 Å². The van der Waals surface area contributed by atoms with Crippen LogP contribution in [0.25, 0.3) is 16.9 Å². The first-order valence-corrected chi connectivity index (χ1v) is 10.5. The number of anilines is 1. The van der Waals surface area contributed by atoms with Crippen molar-refractivity contribution in [2.45, 2.75) is 25.8 Å². The van der Waals surface area contributed by atoms with Crippen molar-refractivity contribution in [3.05, 3.63) is 48.4 Å². The van der Waals surface area contributed by atoms with E-state index in [1.807, 2.05) is 50.4 Å². The smallest absolute Gasteiger partial charge is 0.227 e. The maximum atomic E-state index is 6.15. The minimum atomic E-state index is 0.390. The molecule has 0 aliphatic carbocycles. The number of hydrogen-bond acceptors (Lipinski definition) is 7. The lowest BCUT2D eigenvalue weighted by Crippen LogP contribution is -2.36. The molecule has 0 saturated carbocycles. The fraction of sp³-hybridized carbons (Fsp3) is 0.364. The molecule has 4 aromatic rings. The van der Waals surface area contributed by atoms with E-state index in [9.17, 15) is 0 Å². The van der Waals surface area contributed by atoms with Gasteiger partial charge in [0.1, 0.15) is 11.4 Å². The summed E-state index contributed by atoms with van der Waals surface area (Å²) in [4.78, 5) is 2.36. The Morgan fingerprint density at radius 2 is 1.84 bits per heavy atom. The van der Waals surface area contributed by atoms with Gasteiger partial charge in [-0.1, -0.05) is 18.2 Å². The van der Waals surface area contributed by atoms with Crippen LogP contribution in [0.5, 0.6) is 11.6 Å². The summed E-state index contributed by atoms with van der Waals surface area (Å²) in [5, 5.41) is 21.5. The molecule has 1 aliphatic rings. The zero-order valence-electron chi connectivity index (χ0n) is 18.0. The van der Waals surface area contributed by atoms with Crippen LogP contribution in [0, 0.1) is 6.92 Å². The molecule has 1 aliphatic heterocycles. The summed E-state index contributed by atoms with van der Waals surface area (Å²) in [7, 11) is 4.03. The van der Waals surface area contributed by atoms with Gasteiger partial charge in [-0.05, 0) is 58.1 Å². The Bertz CT molecular complexity index is 1190. The number of benzene rings is 1. The normalized spacial score (nSPS) is 15.5. The zero-order valence-corrected chi connectivity index (χ0v) is 18.0. The van der Waals surface area contributed by atoms with Gasteiger partial charge in [0.2, 0.25) is 11.5 Å². The summed E-state index contributed by atoms with van der Waals surface area (Å²) in [5.74, 6) is 2.12. The minimum absolute atomic E-state index is 0.390. The Morgan fingerprint density at radius 1 is 1.06 bits per heavy atom. The van der Waals surface area contributed by atoms with Crippen LogP contribution in [0.3, 0.4) is 0 Å². The second-order valence-electron chi connectivity index (χ2n) is 8.05. The van der Waals surface area contributed by atoms with Gasteiger partial charge in [0.15, 0.2) is 5.82 Å². The third-order valence-corrected chi connectivity index (χ3v) is 5.72. The average molecular weight is 419 g/mol. The average Bonchev–Trinajstić information content (AvgIpc) is 3.33. The summed E-state index contributed by atoms with van der Waals surface area (Å²) < 4.78 is 9.66. The maximum absolute atomic E-state index is 6.15. The number of rotatable bonds is 5. The number of nitrogens with one attached hydrogen (secondary N) is 1. The van der Waals surface area contributed by atoms with Gasteiger partial charge in [-0.25, -0.2) is 4.68 Å². The number of aromatic nitrogens is 6. The van der Waals surface area contributed by atoms with Crippen molar-refractivity contribution < 1.29 is 4.74 Å². The highest BCUT2D eigenvalue weighted by atomic mass is 16.5. The summed E-state index contributed by atoms with van der Waals surface area (Å²) in [6.45, 7) is 4.06. The van der Waals surface area contributed by atoms with Crippen LogP contribution in [-0.2, 0) is 7.05 Å². The third kappa shape index (κ3) is 3.84. The molecule has 31 heavy (non-hydrogen) atoms. The van der Waals surface area contributed by atoms with E-state index in [0.717, 1.165) is 60.1 Å². The highest BCUT2D eigenvalue weighted by Gasteiger charge is 2.22. The molecular formula is C22H26N8O. The molecule has 0 amide bonds. The fourth-order valence-electron chi connectivity index (χ4n) is 3.92. The number of fused-ring (bicyclic) bond motifs is 1. The molecule has 1 aromatic carbocycles. The van der Waals surface area contributed by atoms with Crippen molar-refractivity contribution in [3.63, 3.8) is 0 Å². The van der Waals surface area contributed by atoms with Crippen molar-refractivity contribution in [2.24, 2.45) is 7.05 Å². The van der Waals surface area contributed by atoms with Crippen LogP contribution in [0.2, 0.25) is 0 Å². The lowest BCUT2D eigenvalue weighted by atomic mass is 10.1. The van der Waals surface area contributed by atoms with Crippen LogP contribution >= 0.6 is 0 Å². The topological polar surface area (TPSA) is 85.4 Å². The number of para-hydroxylation sites is 1. The molecule has 0 unspecified atom stereocenters. The number of aryl methyl sites for hydroxylation is 2. The summed E-state index contributed by atoms with van der Waals surface area (Å²) in [6, 6.07) is 12.1. The Kier molecular flexibility index (Phi) is 5.03. The number of ether oxygens (including phenoxy) is 1. The van der Waals surface area contributed by atoms with Gasteiger partial charge in [0.25, 0.3) is 0 Å². The van der Waals surface area contributed by atoms with Crippen molar-refractivity contribution in [1.82, 2.24) is 34.5 Å². The van der Waals surface area contributed by atoms with E-state index < -0.39 is 0 Å². The van der Waals surface area contributed by atoms with Crippen LogP contribution in [0.1, 0.15) is 18.7 Å². The van der Waals surface area contributed by atoms with E-state index in [0.29, 0.717) is 11.9 Å². The Labute approximate surface area is 180 Å². The highest BCUT2D eigenvalue weighted by Crippen LogP contribution is 2.34. The Balaban J connectivity index is 1.54. The predicted molar refractivity (Wildman–Crippen MR) is 118 cm³/mol. The molecule has 0 spiro atoms. The van der Waals surface area contributed by atoms with Gasteiger partial charge in [0, 0.05) is 13.1 Å². The fourth-order valence-corrected chi connectivity index (χ4v) is 3.92. The lowest BCUT2D eigenvalue weighted by Gasteiger charge is -2.30. The second kappa shape index (κ2) is 7.99. The van der Waals surface area contributed by atoms with Crippen LogP contribution in [0.15, 0.2) is 42.6 Å². The first kappa shape index (κ1) is 19.5. The monoisotopic (exact) mass is 418 g/mol. The van der Waals surface area contributed by atoms with Crippen molar-refractivity contribution in [3.8, 4) is 22.9 Å². The molecular weight excluding hydrogens is 392 g/mol. The third-order valence-electron chi connectivity index (χ3n) is 5.72. The molecule has 1 fully saturated rings. The van der Waals surface area contributed by atoms with Crippen LogP contribution in [-0.4, -0.2) is 60.7 Å². The van der Waals surface area contributed by atoms with Crippen molar-refractivity contribution in [2.75, 3.05) is 25.5 Å². The number of hydrogen-bond donors (Lipinski definition) is 1. The summed E-state index contributed by atoms with van der Waals surface area (Å²) in [6.07, 6.45) is 3.96. The van der Waals surface area contributed by atoms with E-state index >= 15 is 0 Å². The zero-order chi connectivity index (χ0) is 21.4. The molecule has 4 heterocycles. The molecule has 0 atom stereocenters. The molecule has 1 saturated heterocycles.